The van der Waals surface area contributed by atoms with Crippen molar-refractivity contribution in [3.63, 3.8) is 0 Å². The number of allylic oxidation sites excluding steroid dienone is 2. The summed E-state index contributed by atoms with van der Waals surface area (Å²) in [5, 5.41) is 9.96. The van der Waals surface area contributed by atoms with E-state index in [1.807, 2.05) is 13.0 Å². The molecule has 5 atom stereocenters. The van der Waals surface area contributed by atoms with Crippen molar-refractivity contribution < 1.29 is 28.9 Å². The largest absolute Gasteiger partial charge is 0.504 e. The molecule has 1 saturated carbocycles. The van der Waals surface area contributed by atoms with Gasteiger partial charge in [-0.3, -0.25) is 9.59 Å². The first-order valence-corrected chi connectivity index (χ1v) is 9.26. The Hall–Kier alpha value is -2.76. The van der Waals surface area contributed by atoms with Gasteiger partial charge in [0, 0.05) is 18.3 Å². The van der Waals surface area contributed by atoms with Crippen LogP contribution in [0.3, 0.4) is 0 Å². The van der Waals surface area contributed by atoms with E-state index >= 15 is 0 Å². The number of phenolic OH excluding ortho intramolecular Hbond substituents is 1. The third-order valence-electron chi connectivity index (χ3n) is 6.17. The maximum Gasteiger partial charge on any atom is 0.302 e. The van der Waals surface area contributed by atoms with Gasteiger partial charge in [0.05, 0.1) is 20.1 Å². The molecule has 2 bridgehead atoms. The third-order valence-corrected chi connectivity index (χ3v) is 6.17. The molecule has 1 aromatic rings. The molecule has 6 nitrogen and oxygen atoms in total. The van der Waals surface area contributed by atoms with Crippen LogP contribution in [-0.2, 0) is 19.1 Å². The fourth-order valence-corrected chi connectivity index (χ4v) is 4.95. The van der Waals surface area contributed by atoms with E-state index in [9.17, 15) is 14.7 Å². The van der Waals surface area contributed by atoms with E-state index in [0.29, 0.717) is 12.2 Å². The van der Waals surface area contributed by atoms with Crippen LogP contribution >= 0.6 is 0 Å². The van der Waals surface area contributed by atoms with Crippen molar-refractivity contribution in [2.24, 2.45) is 17.3 Å². The van der Waals surface area contributed by atoms with Gasteiger partial charge >= 0.3 is 5.97 Å². The number of hydrogen-bond acceptors (Lipinski definition) is 6. The predicted octanol–water partition coefficient (Wildman–Crippen LogP) is 3.36. The molecule has 150 valence electrons. The quantitative estimate of drug-likeness (QED) is 0.596. The van der Waals surface area contributed by atoms with Crippen molar-refractivity contribution in [3.05, 3.63) is 48.3 Å². The lowest BCUT2D eigenvalue weighted by Gasteiger charge is -2.38. The Kier molecular flexibility index (Phi) is 5.24. The summed E-state index contributed by atoms with van der Waals surface area (Å²) in [6.07, 6.45) is 3.51. The molecule has 0 spiro atoms. The third kappa shape index (κ3) is 2.87. The summed E-state index contributed by atoms with van der Waals surface area (Å²) < 4.78 is 16.3. The van der Waals surface area contributed by atoms with E-state index in [0.717, 1.165) is 5.56 Å². The van der Waals surface area contributed by atoms with Gasteiger partial charge in [0.2, 0.25) is 5.78 Å². The number of benzene rings is 1. The summed E-state index contributed by atoms with van der Waals surface area (Å²) in [5.41, 5.74) is 0.238. The van der Waals surface area contributed by atoms with Crippen molar-refractivity contribution in [1.29, 1.82) is 0 Å². The van der Waals surface area contributed by atoms with Crippen LogP contribution in [0.1, 0.15) is 31.7 Å². The van der Waals surface area contributed by atoms with E-state index in [-0.39, 0.29) is 29.1 Å². The highest BCUT2D eigenvalue weighted by Crippen LogP contribution is 2.62. The molecule has 3 rings (SSSR count). The zero-order valence-corrected chi connectivity index (χ0v) is 16.6. The zero-order valence-electron chi connectivity index (χ0n) is 16.6. The van der Waals surface area contributed by atoms with Gasteiger partial charge in [0.15, 0.2) is 17.3 Å². The number of esters is 1. The lowest BCUT2D eigenvalue weighted by molar-refractivity contribution is -0.156. The molecule has 28 heavy (non-hydrogen) atoms. The molecular formula is C22H26O6. The van der Waals surface area contributed by atoms with Crippen molar-refractivity contribution in [3.8, 4) is 11.5 Å². The molecule has 1 N–H and O–H groups in total. The lowest BCUT2D eigenvalue weighted by Crippen LogP contribution is -2.44. The van der Waals surface area contributed by atoms with Crippen LogP contribution in [0, 0.1) is 17.3 Å². The monoisotopic (exact) mass is 386 g/mol. The Morgan fingerprint density at radius 1 is 1.29 bits per heavy atom. The van der Waals surface area contributed by atoms with Crippen molar-refractivity contribution >= 4 is 11.8 Å². The summed E-state index contributed by atoms with van der Waals surface area (Å²) in [4.78, 5) is 25.1. The van der Waals surface area contributed by atoms with Gasteiger partial charge in [0.1, 0.15) is 6.10 Å². The average Bonchev–Trinajstić information content (AvgIpc) is 2.82. The summed E-state index contributed by atoms with van der Waals surface area (Å²) >= 11 is 0. The predicted molar refractivity (Wildman–Crippen MR) is 103 cm³/mol. The number of hydrogen-bond donors (Lipinski definition) is 1. The summed E-state index contributed by atoms with van der Waals surface area (Å²) in [6.45, 7) is 7.27. The highest BCUT2D eigenvalue weighted by Gasteiger charge is 2.64. The minimum absolute atomic E-state index is 0.0271. The Morgan fingerprint density at radius 3 is 2.57 bits per heavy atom. The minimum atomic E-state index is -0.616. The fraction of sp³-hybridized carbons (Fsp3) is 0.455. The number of aromatic hydroxyl groups is 1. The van der Waals surface area contributed by atoms with Gasteiger partial charge in [-0.2, -0.15) is 0 Å². The number of methoxy groups -OCH3 is 2. The van der Waals surface area contributed by atoms with Crippen LogP contribution in [0.2, 0.25) is 0 Å². The first kappa shape index (κ1) is 20.0. The second-order valence-corrected chi connectivity index (χ2v) is 7.48. The van der Waals surface area contributed by atoms with Crippen LogP contribution in [0.25, 0.3) is 0 Å². The average molecular weight is 386 g/mol. The van der Waals surface area contributed by atoms with Crippen LogP contribution in [0.4, 0.5) is 0 Å². The van der Waals surface area contributed by atoms with Gasteiger partial charge in [-0.05, 0) is 36.1 Å². The number of Topliss-reactive ketones (excluding diaryl/α,β-unsaturated/α-hetero) is 1. The van der Waals surface area contributed by atoms with E-state index in [4.69, 9.17) is 14.2 Å². The molecule has 0 radical (unpaired) electrons. The molecular weight excluding hydrogens is 360 g/mol. The summed E-state index contributed by atoms with van der Waals surface area (Å²) in [5.74, 6) is -0.847. The molecule has 0 saturated heterocycles. The molecule has 0 heterocycles. The Morgan fingerprint density at radius 2 is 2.00 bits per heavy atom. The smallest absolute Gasteiger partial charge is 0.302 e. The standard InChI is InChI=1S/C22H26O6/c1-6-9-22-11-17(27-5)20(25)19(21(22)28-13(3)23)18(12(22)2)14-7-8-15(24)16(10-14)26-4/h6-8,10-12,18-19,21,24H,1,9H2,2-5H3/t12-,18?,19-,21-,22-/m0/s1. The van der Waals surface area contributed by atoms with E-state index in [1.165, 1.54) is 21.1 Å². The molecule has 0 aliphatic heterocycles. The number of carbonyl (C=O) groups is 2. The Balaban J connectivity index is 2.20. The van der Waals surface area contributed by atoms with Crippen molar-refractivity contribution in [1.82, 2.24) is 0 Å². The SMILES string of the molecule is C=CC[C@]12C=C(OC)C(=O)[C@H](C(c3ccc(O)c(OC)c3)[C@@H]1C)[C@@H]2OC(C)=O. The number of rotatable bonds is 6. The number of ether oxygens (including phenoxy) is 3. The number of ketones is 1. The molecule has 2 aliphatic rings. The molecule has 2 aliphatic carbocycles. The number of phenols is 1. The minimum Gasteiger partial charge on any atom is -0.504 e. The van der Waals surface area contributed by atoms with E-state index in [1.54, 1.807) is 24.3 Å². The highest BCUT2D eigenvalue weighted by atomic mass is 16.5. The summed E-state index contributed by atoms with van der Waals surface area (Å²) in [6, 6.07) is 5.08. The van der Waals surface area contributed by atoms with Crippen LogP contribution in [0.15, 0.2) is 42.7 Å². The van der Waals surface area contributed by atoms with Gasteiger partial charge < -0.3 is 19.3 Å². The van der Waals surface area contributed by atoms with E-state index < -0.39 is 23.4 Å². The molecule has 0 aromatic heterocycles. The van der Waals surface area contributed by atoms with Gasteiger partial charge in [-0.1, -0.05) is 19.1 Å². The molecule has 0 amide bonds. The second-order valence-electron chi connectivity index (χ2n) is 7.48. The van der Waals surface area contributed by atoms with Crippen molar-refractivity contribution in [2.45, 2.75) is 32.3 Å². The molecule has 6 heteroatoms. The van der Waals surface area contributed by atoms with Crippen molar-refractivity contribution in [2.75, 3.05) is 14.2 Å². The normalized spacial score (nSPS) is 31.1. The molecule has 1 aromatic carbocycles. The molecule has 1 fully saturated rings. The first-order valence-electron chi connectivity index (χ1n) is 9.26. The maximum absolute atomic E-state index is 13.2. The Bertz CT molecular complexity index is 841. The highest BCUT2D eigenvalue weighted by molar-refractivity contribution is 5.99. The van der Waals surface area contributed by atoms with E-state index in [2.05, 4.69) is 6.58 Å². The summed E-state index contributed by atoms with van der Waals surface area (Å²) in [7, 11) is 2.95. The first-order chi connectivity index (χ1) is 13.3. The lowest BCUT2D eigenvalue weighted by atomic mass is 9.70. The topological polar surface area (TPSA) is 82.1 Å². The van der Waals surface area contributed by atoms with Gasteiger partial charge in [-0.25, -0.2) is 0 Å². The second kappa shape index (κ2) is 7.34. The fourth-order valence-electron chi connectivity index (χ4n) is 4.95. The van der Waals surface area contributed by atoms with Crippen LogP contribution in [-0.4, -0.2) is 37.2 Å². The Labute approximate surface area is 164 Å². The van der Waals surface area contributed by atoms with Crippen LogP contribution in [0.5, 0.6) is 11.5 Å². The zero-order chi connectivity index (χ0) is 20.6. The number of carbonyl (C=O) groups excluding carboxylic acids is 2. The number of fused-ring (bicyclic) bond motifs is 2. The van der Waals surface area contributed by atoms with Gasteiger partial charge in [-0.15, -0.1) is 6.58 Å². The van der Waals surface area contributed by atoms with Crippen LogP contribution < -0.4 is 4.74 Å². The maximum atomic E-state index is 13.2. The molecule has 1 unspecified atom stereocenters. The van der Waals surface area contributed by atoms with Gasteiger partial charge in [0.25, 0.3) is 0 Å².